The van der Waals surface area contributed by atoms with Crippen molar-refractivity contribution >= 4 is 5.97 Å². The highest BCUT2D eigenvalue weighted by Gasteiger charge is 2.28. The summed E-state index contributed by atoms with van der Waals surface area (Å²) in [5.74, 6) is 1.05. The van der Waals surface area contributed by atoms with Crippen molar-refractivity contribution in [2.24, 2.45) is 11.8 Å². The van der Waals surface area contributed by atoms with E-state index in [-0.39, 0.29) is 17.9 Å². The lowest BCUT2D eigenvalue weighted by molar-refractivity contribution is -0.144. The Kier molecular flexibility index (Phi) is 5.96. The molecule has 17 heavy (non-hydrogen) atoms. The minimum absolute atomic E-state index is 0.127. The first-order chi connectivity index (χ1) is 8.08. The van der Waals surface area contributed by atoms with E-state index < -0.39 is 0 Å². The quantitative estimate of drug-likeness (QED) is 0.752. The Balaban J connectivity index is 2.43. The number of ether oxygens (including phenoxy) is 1. The lowest BCUT2D eigenvalue weighted by Gasteiger charge is -2.32. The highest BCUT2D eigenvalue weighted by atomic mass is 16.5. The number of rotatable bonds is 5. The number of hydrogen-bond donors (Lipinski definition) is 1. The van der Waals surface area contributed by atoms with Gasteiger partial charge in [-0.1, -0.05) is 27.2 Å². The normalized spacial score (nSPS) is 26.9. The first-order valence-electron chi connectivity index (χ1n) is 6.92. The first kappa shape index (κ1) is 14.5. The predicted octanol–water partition coefficient (Wildman–Crippen LogP) is 2.74. The summed E-state index contributed by atoms with van der Waals surface area (Å²) >= 11 is 0. The molecule has 1 rings (SSSR count). The van der Waals surface area contributed by atoms with Crippen LogP contribution in [0.3, 0.4) is 0 Å². The van der Waals surface area contributed by atoms with Crippen LogP contribution in [0.1, 0.15) is 52.9 Å². The summed E-state index contributed by atoms with van der Waals surface area (Å²) in [5.41, 5.74) is 0. The molecular weight excluding hydrogens is 214 g/mol. The maximum absolute atomic E-state index is 11.7. The molecule has 0 aliphatic heterocycles. The van der Waals surface area contributed by atoms with Crippen molar-refractivity contribution < 1.29 is 9.53 Å². The summed E-state index contributed by atoms with van der Waals surface area (Å²) in [6.45, 7) is 6.39. The monoisotopic (exact) mass is 241 g/mol. The number of carbonyl (C=O) groups is 1. The third-order valence-electron chi connectivity index (χ3n) is 3.96. The molecule has 1 aliphatic rings. The summed E-state index contributed by atoms with van der Waals surface area (Å²) < 4.78 is 4.86. The van der Waals surface area contributed by atoms with E-state index in [0.717, 1.165) is 5.92 Å². The van der Waals surface area contributed by atoms with Crippen molar-refractivity contribution in [3.05, 3.63) is 0 Å². The lowest BCUT2D eigenvalue weighted by Crippen LogP contribution is -2.48. The van der Waals surface area contributed by atoms with Crippen LogP contribution in [0.2, 0.25) is 0 Å². The number of methoxy groups -OCH3 is 1. The molecule has 3 nitrogen and oxygen atoms in total. The van der Waals surface area contributed by atoms with E-state index in [1.54, 1.807) is 0 Å². The van der Waals surface area contributed by atoms with Crippen molar-refractivity contribution in [2.45, 2.75) is 65.0 Å². The molecule has 1 atom stereocenters. The average molecular weight is 241 g/mol. The number of carbonyl (C=O) groups excluding carboxylic acids is 1. The van der Waals surface area contributed by atoms with Crippen molar-refractivity contribution in [2.75, 3.05) is 7.11 Å². The van der Waals surface area contributed by atoms with Crippen LogP contribution in [-0.4, -0.2) is 25.2 Å². The molecule has 0 saturated heterocycles. The number of nitrogens with one attached hydrogen (secondary N) is 1. The molecule has 1 aliphatic carbocycles. The van der Waals surface area contributed by atoms with Gasteiger partial charge in [-0.2, -0.15) is 0 Å². The molecule has 0 unspecified atom stereocenters. The van der Waals surface area contributed by atoms with E-state index >= 15 is 0 Å². The second-order valence-corrected chi connectivity index (χ2v) is 5.54. The van der Waals surface area contributed by atoms with E-state index in [1.807, 2.05) is 0 Å². The Labute approximate surface area is 105 Å². The minimum atomic E-state index is -0.150. The average Bonchev–Trinajstić information content (AvgIpc) is 2.35. The van der Waals surface area contributed by atoms with Crippen LogP contribution in [0, 0.1) is 11.8 Å². The molecule has 1 saturated carbocycles. The minimum Gasteiger partial charge on any atom is -0.468 e. The summed E-state index contributed by atoms with van der Waals surface area (Å²) in [4.78, 5) is 11.7. The zero-order valence-corrected chi connectivity index (χ0v) is 11.7. The molecule has 3 heteroatoms. The molecule has 0 amide bonds. The number of hydrogen-bond acceptors (Lipinski definition) is 3. The number of esters is 1. The van der Waals surface area contributed by atoms with Gasteiger partial charge in [-0.3, -0.25) is 4.79 Å². The van der Waals surface area contributed by atoms with E-state index in [9.17, 15) is 4.79 Å². The zero-order valence-electron chi connectivity index (χ0n) is 11.7. The van der Waals surface area contributed by atoms with Crippen LogP contribution < -0.4 is 5.32 Å². The van der Waals surface area contributed by atoms with Gasteiger partial charge in [0, 0.05) is 6.04 Å². The van der Waals surface area contributed by atoms with Gasteiger partial charge in [-0.15, -0.1) is 0 Å². The Morgan fingerprint density at radius 2 is 1.88 bits per heavy atom. The Hall–Kier alpha value is -0.570. The summed E-state index contributed by atoms with van der Waals surface area (Å²) in [6.07, 6.45) is 6.26. The van der Waals surface area contributed by atoms with E-state index in [4.69, 9.17) is 4.74 Å². The molecule has 0 aromatic heterocycles. The van der Waals surface area contributed by atoms with Crippen LogP contribution in [0.25, 0.3) is 0 Å². The highest BCUT2D eigenvalue weighted by Crippen LogP contribution is 2.27. The van der Waals surface area contributed by atoms with Gasteiger partial charge in [0.05, 0.1) is 7.11 Å². The van der Waals surface area contributed by atoms with Crippen LogP contribution in [-0.2, 0) is 9.53 Å². The molecule has 0 spiro atoms. The van der Waals surface area contributed by atoms with Crippen LogP contribution in [0.15, 0.2) is 0 Å². The topological polar surface area (TPSA) is 38.3 Å². The van der Waals surface area contributed by atoms with Crippen LogP contribution in [0.5, 0.6) is 0 Å². The zero-order chi connectivity index (χ0) is 12.8. The smallest absolute Gasteiger partial charge is 0.323 e. The van der Waals surface area contributed by atoms with Gasteiger partial charge in [0.2, 0.25) is 0 Å². The van der Waals surface area contributed by atoms with Crippen LogP contribution >= 0.6 is 0 Å². The Morgan fingerprint density at radius 1 is 1.29 bits per heavy atom. The van der Waals surface area contributed by atoms with E-state index in [0.29, 0.717) is 6.04 Å². The molecule has 0 aromatic rings. The lowest BCUT2D eigenvalue weighted by atomic mass is 9.84. The molecule has 1 N–H and O–H groups in total. The fourth-order valence-corrected chi connectivity index (χ4v) is 2.65. The predicted molar refractivity (Wildman–Crippen MR) is 69.8 cm³/mol. The maximum atomic E-state index is 11.7. The standard InChI is InChI=1S/C14H27NO2/c1-5-11-6-8-12(9-7-11)15-13(10(2)3)14(16)17-4/h10-13,15H,5-9H2,1-4H3/t11?,12?,13-/m0/s1. The fraction of sp³-hybridized carbons (Fsp3) is 0.929. The van der Waals surface area contributed by atoms with Gasteiger partial charge in [0.15, 0.2) is 0 Å². The molecular formula is C14H27NO2. The largest absolute Gasteiger partial charge is 0.468 e. The highest BCUT2D eigenvalue weighted by molar-refractivity contribution is 5.75. The van der Waals surface area contributed by atoms with Gasteiger partial charge >= 0.3 is 5.97 Å². The van der Waals surface area contributed by atoms with Gasteiger partial charge in [0.1, 0.15) is 6.04 Å². The van der Waals surface area contributed by atoms with Crippen molar-refractivity contribution in [1.82, 2.24) is 5.32 Å². The van der Waals surface area contributed by atoms with E-state index in [1.165, 1.54) is 39.2 Å². The first-order valence-corrected chi connectivity index (χ1v) is 6.92. The van der Waals surface area contributed by atoms with Gasteiger partial charge in [0.25, 0.3) is 0 Å². The third-order valence-corrected chi connectivity index (χ3v) is 3.96. The third kappa shape index (κ3) is 4.30. The molecule has 0 heterocycles. The van der Waals surface area contributed by atoms with Crippen molar-refractivity contribution in [3.8, 4) is 0 Å². The van der Waals surface area contributed by atoms with E-state index in [2.05, 4.69) is 26.1 Å². The second kappa shape index (κ2) is 7.00. The summed E-state index contributed by atoms with van der Waals surface area (Å²) in [5, 5.41) is 3.48. The maximum Gasteiger partial charge on any atom is 0.323 e. The van der Waals surface area contributed by atoms with Crippen LogP contribution in [0.4, 0.5) is 0 Å². The van der Waals surface area contributed by atoms with Crippen molar-refractivity contribution in [3.63, 3.8) is 0 Å². The van der Waals surface area contributed by atoms with Gasteiger partial charge in [-0.25, -0.2) is 0 Å². The molecule has 0 bridgehead atoms. The Bertz CT molecular complexity index is 232. The SMILES string of the molecule is CCC1CCC(N[C@H](C(=O)OC)C(C)C)CC1. The molecule has 1 fully saturated rings. The summed E-state index contributed by atoms with van der Waals surface area (Å²) in [6, 6.07) is 0.340. The van der Waals surface area contributed by atoms with Gasteiger partial charge < -0.3 is 10.1 Å². The molecule has 100 valence electrons. The second-order valence-electron chi connectivity index (χ2n) is 5.54. The molecule has 0 aromatic carbocycles. The summed E-state index contributed by atoms with van der Waals surface area (Å²) in [7, 11) is 1.47. The fourth-order valence-electron chi connectivity index (χ4n) is 2.65. The Morgan fingerprint density at radius 3 is 2.29 bits per heavy atom. The van der Waals surface area contributed by atoms with Gasteiger partial charge in [-0.05, 0) is 37.5 Å². The molecule has 0 radical (unpaired) electrons. The van der Waals surface area contributed by atoms with Crippen molar-refractivity contribution in [1.29, 1.82) is 0 Å².